The van der Waals surface area contributed by atoms with Gasteiger partial charge in [0.1, 0.15) is 6.10 Å². The van der Waals surface area contributed by atoms with Crippen LogP contribution in [0.3, 0.4) is 0 Å². The Hall–Kier alpha value is -2.26. The van der Waals surface area contributed by atoms with Gasteiger partial charge in [0, 0.05) is 6.42 Å². The molecule has 0 aliphatic heterocycles. The van der Waals surface area contributed by atoms with E-state index in [9.17, 15) is 20.3 Å². The van der Waals surface area contributed by atoms with Gasteiger partial charge in [-0.1, -0.05) is 6.07 Å². The zero-order valence-corrected chi connectivity index (χ0v) is 14.9. The number of ether oxygens (including phenoxy) is 2. The number of benzene rings is 1. The largest absolute Gasteiger partial charge is 0.493 e. The van der Waals surface area contributed by atoms with Crippen LogP contribution < -0.4 is 9.47 Å². The Morgan fingerprint density at radius 1 is 1.19 bits per heavy atom. The summed E-state index contributed by atoms with van der Waals surface area (Å²) in [5.74, 6) is -0.325. The van der Waals surface area contributed by atoms with Crippen molar-refractivity contribution in [3.05, 3.63) is 23.8 Å². The highest BCUT2D eigenvalue weighted by atomic mass is 16.5. The number of methoxy groups -OCH3 is 1. The van der Waals surface area contributed by atoms with Gasteiger partial charge in [-0.25, -0.2) is 0 Å². The lowest BCUT2D eigenvalue weighted by molar-refractivity contribution is -0.143. The third-order valence-corrected chi connectivity index (χ3v) is 5.63. The summed E-state index contributed by atoms with van der Waals surface area (Å²) in [6.45, 7) is 0. The number of aliphatic hydroxyl groups excluding tert-OH is 1. The van der Waals surface area contributed by atoms with E-state index in [1.807, 2.05) is 18.2 Å². The zero-order chi connectivity index (χ0) is 18.7. The molecule has 2 aliphatic carbocycles. The van der Waals surface area contributed by atoms with Crippen molar-refractivity contribution in [1.82, 2.24) is 0 Å². The van der Waals surface area contributed by atoms with Crippen molar-refractivity contribution in [3.8, 4) is 17.6 Å². The summed E-state index contributed by atoms with van der Waals surface area (Å²) in [4.78, 5) is 11.3. The molecule has 2 saturated carbocycles. The molecule has 6 heteroatoms. The number of aliphatic hydroxyl groups is 1. The minimum Gasteiger partial charge on any atom is -0.493 e. The summed E-state index contributed by atoms with van der Waals surface area (Å²) in [6.07, 6.45) is 3.43. The second-order valence-corrected chi connectivity index (χ2v) is 7.31. The van der Waals surface area contributed by atoms with Crippen LogP contribution >= 0.6 is 0 Å². The SMILES string of the molecule is COc1ccc(C2CCC(C(=O)O)CC2C#N)cc1OC1CCC(O)C1. The van der Waals surface area contributed by atoms with Crippen LogP contribution in [-0.4, -0.2) is 35.5 Å². The van der Waals surface area contributed by atoms with Crippen molar-refractivity contribution >= 4 is 5.97 Å². The zero-order valence-electron chi connectivity index (χ0n) is 14.9. The van der Waals surface area contributed by atoms with Crippen LogP contribution in [0.1, 0.15) is 50.0 Å². The van der Waals surface area contributed by atoms with Crippen molar-refractivity contribution in [2.75, 3.05) is 7.11 Å². The molecule has 1 aromatic carbocycles. The minimum atomic E-state index is -0.817. The van der Waals surface area contributed by atoms with Crippen molar-refractivity contribution in [2.24, 2.45) is 11.8 Å². The number of carboxylic acids is 1. The average molecular weight is 359 g/mol. The molecular weight excluding hydrogens is 334 g/mol. The monoisotopic (exact) mass is 359 g/mol. The number of nitrogens with zero attached hydrogens (tertiary/aromatic N) is 1. The topological polar surface area (TPSA) is 99.8 Å². The summed E-state index contributed by atoms with van der Waals surface area (Å²) in [5.41, 5.74) is 0.981. The number of carbonyl (C=O) groups is 1. The molecule has 0 saturated heterocycles. The van der Waals surface area contributed by atoms with E-state index in [-0.39, 0.29) is 24.0 Å². The van der Waals surface area contributed by atoms with Crippen molar-refractivity contribution < 1.29 is 24.5 Å². The Bertz CT molecular complexity index is 698. The molecule has 0 spiro atoms. The summed E-state index contributed by atoms with van der Waals surface area (Å²) in [7, 11) is 1.58. The van der Waals surface area contributed by atoms with E-state index >= 15 is 0 Å². The quantitative estimate of drug-likeness (QED) is 0.838. The highest BCUT2D eigenvalue weighted by Gasteiger charge is 2.35. The van der Waals surface area contributed by atoms with Gasteiger partial charge in [0.15, 0.2) is 11.5 Å². The molecule has 2 fully saturated rings. The first-order valence-electron chi connectivity index (χ1n) is 9.17. The van der Waals surface area contributed by atoms with Crippen LogP contribution in [-0.2, 0) is 4.79 Å². The predicted octanol–water partition coefficient (Wildman–Crippen LogP) is 3.10. The molecule has 26 heavy (non-hydrogen) atoms. The van der Waals surface area contributed by atoms with Gasteiger partial charge in [0.25, 0.3) is 0 Å². The summed E-state index contributed by atoms with van der Waals surface area (Å²) in [6, 6.07) is 7.99. The Labute approximate surface area is 153 Å². The molecule has 2 N–H and O–H groups in total. The second kappa shape index (κ2) is 7.96. The lowest BCUT2D eigenvalue weighted by atomic mass is 9.72. The first-order valence-corrected chi connectivity index (χ1v) is 9.17. The Balaban J connectivity index is 1.80. The second-order valence-electron chi connectivity index (χ2n) is 7.31. The number of carboxylic acid groups (broad SMARTS) is 1. The van der Waals surface area contributed by atoms with Crippen molar-refractivity contribution in [2.45, 2.75) is 56.7 Å². The molecule has 3 rings (SSSR count). The third kappa shape index (κ3) is 3.94. The molecule has 6 nitrogen and oxygen atoms in total. The average Bonchev–Trinajstić information content (AvgIpc) is 3.05. The molecule has 1 aromatic rings. The summed E-state index contributed by atoms with van der Waals surface area (Å²) >= 11 is 0. The van der Waals surface area contributed by atoms with Crippen LogP contribution in [0.25, 0.3) is 0 Å². The standard InChI is InChI=1S/C20H25NO5/c1-25-18-7-3-12(9-19(18)26-16-5-4-15(22)10-16)17-6-2-13(20(23)24)8-14(17)11-21/h3,7,9,13-17,22H,2,4-6,8,10H2,1H3,(H,23,24). The van der Waals surface area contributed by atoms with Gasteiger partial charge in [-0.15, -0.1) is 0 Å². The maximum absolute atomic E-state index is 11.3. The van der Waals surface area contributed by atoms with Crippen molar-refractivity contribution in [1.29, 1.82) is 5.26 Å². The van der Waals surface area contributed by atoms with Gasteiger partial charge >= 0.3 is 5.97 Å². The van der Waals surface area contributed by atoms with E-state index < -0.39 is 11.9 Å². The number of hydrogen-bond donors (Lipinski definition) is 2. The Morgan fingerprint density at radius 3 is 2.62 bits per heavy atom. The maximum Gasteiger partial charge on any atom is 0.306 e. The van der Waals surface area contributed by atoms with E-state index in [2.05, 4.69) is 6.07 Å². The van der Waals surface area contributed by atoms with Gasteiger partial charge in [-0.05, 0) is 55.7 Å². The van der Waals surface area contributed by atoms with Gasteiger partial charge in [-0.2, -0.15) is 5.26 Å². The van der Waals surface area contributed by atoms with Gasteiger partial charge in [0.05, 0.1) is 31.1 Å². The first-order chi connectivity index (χ1) is 12.5. The van der Waals surface area contributed by atoms with Crippen LogP contribution in [0.4, 0.5) is 0 Å². The molecule has 5 atom stereocenters. The normalized spacial score (nSPS) is 31.2. The minimum absolute atomic E-state index is 0.00183. The van der Waals surface area contributed by atoms with Crippen molar-refractivity contribution in [3.63, 3.8) is 0 Å². The van der Waals surface area contributed by atoms with E-state index in [0.29, 0.717) is 37.2 Å². The van der Waals surface area contributed by atoms with E-state index in [1.54, 1.807) is 7.11 Å². The molecule has 140 valence electrons. The number of hydrogen-bond acceptors (Lipinski definition) is 5. The molecule has 0 radical (unpaired) electrons. The predicted molar refractivity (Wildman–Crippen MR) is 94.1 cm³/mol. The first kappa shape index (κ1) is 18.5. The molecule has 0 aromatic heterocycles. The fourth-order valence-electron chi connectivity index (χ4n) is 4.16. The molecule has 0 heterocycles. The van der Waals surface area contributed by atoms with E-state index in [4.69, 9.17) is 9.47 Å². The Kier molecular flexibility index (Phi) is 5.67. The van der Waals surface area contributed by atoms with Crippen LogP contribution in [0.2, 0.25) is 0 Å². The smallest absolute Gasteiger partial charge is 0.306 e. The van der Waals surface area contributed by atoms with Crippen LogP contribution in [0, 0.1) is 23.2 Å². The van der Waals surface area contributed by atoms with Gasteiger partial charge in [-0.3, -0.25) is 4.79 Å². The highest BCUT2D eigenvalue weighted by molar-refractivity contribution is 5.70. The molecule has 0 bridgehead atoms. The fraction of sp³-hybridized carbons (Fsp3) is 0.600. The van der Waals surface area contributed by atoms with Gasteiger partial charge < -0.3 is 19.7 Å². The summed E-state index contributed by atoms with van der Waals surface area (Å²) < 4.78 is 11.5. The number of rotatable bonds is 5. The lowest BCUT2D eigenvalue weighted by Gasteiger charge is -2.31. The lowest BCUT2D eigenvalue weighted by Crippen LogP contribution is -2.27. The molecule has 5 unspecified atom stereocenters. The van der Waals surface area contributed by atoms with E-state index in [0.717, 1.165) is 18.4 Å². The van der Waals surface area contributed by atoms with E-state index in [1.165, 1.54) is 0 Å². The number of aliphatic carboxylic acids is 1. The van der Waals surface area contributed by atoms with Crippen LogP contribution in [0.5, 0.6) is 11.5 Å². The molecule has 0 amide bonds. The third-order valence-electron chi connectivity index (χ3n) is 5.63. The maximum atomic E-state index is 11.3. The molecule has 2 aliphatic rings. The molecular formula is C20H25NO5. The highest BCUT2D eigenvalue weighted by Crippen LogP contribution is 2.43. The van der Waals surface area contributed by atoms with Crippen LogP contribution in [0.15, 0.2) is 18.2 Å². The Morgan fingerprint density at radius 2 is 2.00 bits per heavy atom. The number of nitriles is 1. The fourth-order valence-corrected chi connectivity index (χ4v) is 4.16. The van der Waals surface area contributed by atoms with Gasteiger partial charge in [0.2, 0.25) is 0 Å². The summed E-state index contributed by atoms with van der Waals surface area (Å²) in [5, 5.41) is 28.5.